The van der Waals surface area contributed by atoms with Crippen molar-refractivity contribution in [1.82, 2.24) is 15.2 Å². The first-order chi connectivity index (χ1) is 17.4. The average molecular weight is 486 g/mol. The fourth-order valence-corrected chi connectivity index (χ4v) is 5.60. The molecule has 2 saturated heterocycles. The number of imide groups is 1. The second-order valence-electron chi connectivity index (χ2n) is 9.32. The molecule has 1 aromatic heterocycles. The van der Waals surface area contributed by atoms with Gasteiger partial charge in [-0.1, -0.05) is 43.2 Å². The zero-order valence-corrected chi connectivity index (χ0v) is 19.9. The van der Waals surface area contributed by atoms with E-state index in [9.17, 15) is 19.5 Å². The van der Waals surface area contributed by atoms with Crippen LogP contribution in [-0.2, 0) is 20.8 Å². The molecule has 3 heterocycles. The summed E-state index contributed by atoms with van der Waals surface area (Å²) in [4.78, 5) is 44.1. The SMILES string of the molecule is C#CCN1C(=O)C2C(c3ccc(OCCC)cc3)NC(Cc3c[nH]c4ccccc34)(C(=O)O)C2C1=O. The number of H-pyrrole nitrogens is 1. The fraction of sp³-hybridized carbons (Fsp3) is 0.321. The highest BCUT2D eigenvalue weighted by Gasteiger charge is 2.68. The number of hydrogen-bond donors (Lipinski definition) is 3. The molecule has 4 unspecified atom stereocenters. The van der Waals surface area contributed by atoms with Gasteiger partial charge in [0, 0.05) is 29.6 Å². The first-order valence-electron chi connectivity index (χ1n) is 12.0. The number of rotatable bonds is 8. The zero-order valence-electron chi connectivity index (χ0n) is 19.9. The molecule has 0 spiro atoms. The monoisotopic (exact) mass is 485 g/mol. The normalized spacial score (nSPS) is 25.2. The summed E-state index contributed by atoms with van der Waals surface area (Å²) in [7, 11) is 0. The number of benzene rings is 2. The Labute approximate surface area is 208 Å². The standard InChI is InChI=1S/C28H27N3O5/c1-3-13-31-25(32)22-23(26(31)33)28(27(34)35,15-18-16-29-21-8-6-5-7-20(18)21)30-24(22)17-9-11-19(12-10-17)36-14-4-2/h1,5-12,16,22-24,29-30H,4,13-15H2,2H3,(H,34,35). The van der Waals surface area contributed by atoms with E-state index in [1.807, 2.05) is 43.3 Å². The summed E-state index contributed by atoms with van der Waals surface area (Å²) in [6.45, 7) is 2.40. The van der Waals surface area contributed by atoms with Gasteiger partial charge in [0.15, 0.2) is 0 Å². The lowest BCUT2D eigenvalue weighted by atomic mass is 9.76. The Morgan fingerprint density at radius 2 is 1.92 bits per heavy atom. The number of nitrogens with zero attached hydrogens (tertiary/aromatic N) is 1. The third-order valence-corrected chi connectivity index (χ3v) is 7.23. The Morgan fingerprint density at radius 1 is 1.17 bits per heavy atom. The van der Waals surface area contributed by atoms with Crippen molar-refractivity contribution >= 4 is 28.7 Å². The molecule has 2 fully saturated rings. The molecule has 0 bridgehead atoms. The maximum absolute atomic E-state index is 13.5. The van der Waals surface area contributed by atoms with E-state index in [4.69, 9.17) is 11.2 Å². The molecule has 2 aliphatic heterocycles. The molecule has 0 radical (unpaired) electrons. The van der Waals surface area contributed by atoms with Crippen LogP contribution in [0.3, 0.4) is 0 Å². The molecule has 2 aromatic carbocycles. The summed E-state index contributed by atoms with van der Waals surface area (Å²) in [6, 6.07) is 14.1. The third kappa shape index (κ3) is 3.64. The largest absolute Gasteiger partial charge is 0.494 e. The number of likely N-dealkylation sites (tertiary alicyclic amines) is 1. The maximum atomic E-state index is 13.5. The topological polar surface area (TPSA) is 112 Å². The van der Waals surface area contributed by atoms with Crippen molar-refractivity contribution in [3.05, 3.63) is 65.9 Å². The van der Waals surface area contributed by atoms with E-state index in [0.717, 1.165) is 27.8 Å². The number of fused-ring (bicyclic) bond motifs is 2. The van der Waals surface area contributed by atoms with Gasteiger partial charge in [0.1, 0.15) is 11.3 Å². The lowest BCUT2D eigenvalue weighted by molar-refractivity contribution is -0.151. The molecular weight excluding hydrogens is 458 g/mol. The summed E-state index contributed by atoms with van der Waals surface area (Å²) in [6.07, 6.45) is 8.09. The average Bonchev–Trinajstić information content (AvgIpc) is 3.52. The summed E-state index contributed by atoms with van der Waals surface area (Å²) in [5, 5.41) is 14.7. The quantitative estimate of drug-likeness (QED) is 0.334. The van der Waals surface area contributed by atoms with Crippen molar-refractivity contribution in [2.75, 3.05) is 13.2 Å². The van der Waals surface area contributed by atoms with E-state index in [1.165, 1.54) is 0 Å². The summed E-state index contributed by atoms with van der Waals surface area (Å²) in [5.74, 6) is -1.14. The molecule has 5 rings (SSSR count). The molecule has 0 aliphatic carbocycles. The van der Waals surface area contributed by atoms with E-state index in [-0.39, 0.29) is 13.0 Å². The molecule has 0 saturated carbocycles. The van der Waals surface area contributed by atoms with Crippen LogP contribution in [-0.4, -0.2) is 51.5 Å². The van der Waals surface area contributed by atoms with Gasteiger partial charge in [0.2, 0.25) is 11.8 Å². The van der Waals surface area contributed by atoms with Crippen LogP contribution in [0, 0.1) is 24.2 Å². The number of carbonyl (C=O) groups excluding carboxylic acids is 2. The highest BCUT2D eigenvalue weighted by molar-refractivity contribution is 6.09. The lowest BCUT2D eigenvalue weighted by Gasteiger charge is -2.31. The summed E-state index contributed by atoms with van der Waals surface area (Å²) < 4.78 is 5.67. The number of carboxylic acids is 1. The number of aromatic amines is 1. The first kappa shape index (κ1) is 23.6. The van der Waals surface area contributed by atoms with Gasteiger partial charge in [0.05, 0.1) is 25.0 Å². The predicted molar refractivity (Wildman–Crippen MR) is 133 cm³/mol. The van der Waals surface area contributed by atoms with E-state index in [1.54, 1.807) is 18.3 Å². The number of terminal acetylenes is 1. The van der Waals surface area contributed by atoms with Crippen LogP contribution in [0.5, 0.6) is 5.75 Å². The maximum Gasteiger partial charge on any atom is 0.325 e. The number of carboxylic acid groups (broad SMARTS) is 1. The molecule has 3 N–H and O–H groups in total. The molecule has 4 atom stereocenters. The van der Waals surface area contributed by atoms with Crippen molar-refractivity contribution in [3.63, 3.8) is 0 Å². The lowest BCUT2D eigenvalue weighted by Crippen LogP contribution is -2.57. The van der Waals surface area contributed by atoms with Crippen LogP contribution in [0.4, 0.5) is 0 Å². The highest BCUT2D eigenvalue weighted by atomic mass is 16.5. The van der Waals surface area contributed by atoms with Gasteiger partial charge >= 0.3 is 5.97 Å². The minimum Gasteiger partial charge on any atom is -0.494 e. The highest BCUT2D eigenvalue weighted by Crippen LogP contribution is 2.50. The Kier molecular flexibility index (Phi) is 6.02. The van der Waals surface area contributed by atoms with Gasteiger partial charge in [0.25, 0.3) is 0 Å². The van der Waals surface area contributed by atoms with Crippen LogP contribution in [0.25, 0.3) is 10.9 Å². The van der Waals surface area contributed by atoms with E-state index in [2.05, 4.69) is 16.2 Å². The van der Waals surface area contributed by atoms with E-state index in [0.29, 0.717) is 17.9 Å². The van der Waals surface area contributed by atoms with Crippen molar-refractivity contribution in [1.29, 1.82) is 0 Å². The molecule has 2 aliphatic rings. The Hall–Kier alpha value is -4.09. The number of carbonyl (C=O) groups is 3. The summed E-state index contributed by atoms with van der Waals surface area (Å²) in [5.41, 5.74) is 0.622. The van der Waals surface area contributed by atoms with Crippen LogP contribution < -0.4 is 10.1 Å². The second kappa shape index (κ2) is 9.17. The molecule has 8 heteroatoms. The molecule has 2 amide bonds. The zero-order chi connectivity index (χ0) is 25.4. The van der Waals surface area contributed by atoms with Crippen LogP contribution in [0.1, 0.15) is 30.5 Å². The Morgan fingerprint density at radius 3 is 2.61 bits per heavy atom. The molecular formula is C28H27N3O5. The number of para-hydroxylation sites is 1. The van der Waals surface area contributed by atoms with Gasteiger partial charge in [-0.25, -0.2) is 0 Å². The molecule has 36 heavy (non-hydrogen) atoms. The fourth-order valence-electron chi connectivity index (χ4n) is 5.60. The van der Waals surface area contributed by atoms with Crippen LogP contribution >= 0.6 is 0 Å². The Balaban J connectivity index is 1.59. The minimum atomic E-state index is -1.70. The van der Waals surface area contributed by atoms with Crippen molar-refractivity contribution in [3.8, 4) is 18.1 Å². The van der Waals surface area contributed by atoms with Crippen molar-refractivity contribution in [2.24, 2.45) is 11.8 Å². The number of hydrogen-bond acceptors (Lipinski definition) is 5. The third-order valence-electron chi connectivity index (χ3n) is 7.23. The van der Waals surface area contributed by atoms with Gasteiger partial charge in [-0.2, -0.15) is 0 Å². The van der Waals surface area contributed by atoms with Gasteiger partial charge in [-0.3, -0.25) is 24.6 Å². The van der Waals surface area contributed by atoms with Gasteiger partial charge in [-0.15, -0.1) is 6.42 Å². The number of aliphatic carboxylic acids is 1. The molecule has 3 aromatic rings. The van der Waals surface area contributed by atoms with Crippen molar-refractivity contribution < 1.29 is 24.2 Å². The second-order valence-corrected chi connectivity index (χ2v) is 9.32. The Bertz CT molecular complexity index is 1370. The number of nitrogens with one attached hydrogen (secondary N) is 2. The smallest absolute Gasteiger partial charge is 0.325 e. The van der Waals surface area contributed by atoms with Crippen LogP contribution in [0.2, 0.25) is 0 Å². The number of aromatic nitrogens is 1. The van der Waals surface area contributed by atoms with E-state index < -0.39 is 41.2 Å². The predicted octanol–water partition coefficient (Wildman–Crippen LogP) is 2.90. The molecule has 184 valence electrons. The van der Waals surface area contributed by atoms with Crippen LogP contribution in [0.15, 0.2) is 54.7 Å². The number of ether oxygens (including phenoxy) is 1. The minimum absolute atomic E-state index is 0.0185. The molecule has 8 nitrogen and oxygen atoms in total. The first-order valence-corrected chi connectivity index (χ1v) is 12.0. The van der Waals surface area contributed by atoms with Gasteiger partial charge < -0.3 is 14.8 Å². The number of amides is 2. The summed E-state index contributed by atoms with van der Waals surface area (Å²) >= 11 is 0. The van der Waals surface area contributed by atoms with E-state index >= 15 is 0 Å². The van der Waals surface area contributed by atoms with Crippen molar-refractivity contribution in [2.45, 2.75) is 31.3 Å². The van der Waals surface area contributed by atoms with Gasteiger partial charge in [-0.05, 0) is 35.7 Å².